The first-order chi connectivity index (χ1) is 13.1. The lowest BCUT2D eigenvalue weighted by molar-refractivity contribution is 0.0675. The first-order valence-electron chi connectivity index (χ1n) is 9.38. The third-order valence-electron chi connectivity index (χ3n) is 5.17. The van der Waals surface area contributed by atoms with Crippen LogP contribution in [0, 0.1) is 19.8 Å². The van der Waals surface area contributed by atoms with E-state index in [0.29, 0.717) is 11.6 Å². The number of amides is 1. The molecule has 0 spiro atoms. The molecular weight excluding hydrogens is 340 g/mol. The average Bonchev–Trinajstić information content (AvgIpc) is 3.29. The molecular formula is C20H24N6O. The lowest BCUT2D eigenvalue weighted by atomic mass is 9.96. The standard InChI is InChI=1S/C20H24N6O/c1-15-12-16(2)25(22-15)13-17-8-10-24(11-9-17)20(27)19-14-26(23-21-19)18-6-4-3-5-7-18/h3-7,12,14,17H,8-11,13H2,1-2H3. The lowest BCUT2D eigenvalue weighted by Crippen LogP contribution is -2.39. The molecule has 0 bridgehead atoms. The number of aryl methyl sites for hydroxylation is 2. The SMILES string of the molecule is Cc1cc(C)n(CC2CCN(C(=O)c3cn(-c4ccccc4)nn3)CC2)n1. The molecule has 0 aliphatic carbocycles. The molecule has 0 radical (unpaired) electrons. The van der Waals surface area contributed by atoms with Gasteiger partial charge in [0, 0.05) is 25.3 Å². The Morgan fingerprint density at radius 2 is 1.89 bits per heavy atom. The zero-order chi connectivity index (χ0) is 18.8. The van der Waals surface area contributed by atoms with Crippen molar-refractivity contribution in [2.24, 2.45) is 5.92 Å². The smallest absolute Gasteiger partial charge is 0.276 e. The third kappa shape index (κ3) is 3.77. The summed E-state index contributed by atoms with van der Waals surface area (Å²) < 4.78 is 3.73. The molecule has 0 unspecified atom stereocenters. The van der Waals surface area contributed by atoms with Gasteiger partial charge in [0.05, 0.1) is 17.6 Å². The number of carbonyl (C=O) groups is 1. The van der Waals surface area contributed by atoms with Crippen LogP contribution in [0.25, 0.3) is 5.69 Å². The van der Waals surface area contributed by atoms with Crippen LogP contribution in [-0.2, 0) is 6.54 Å². The largest absolute Gasteiger partial charge is 0.337 e. The number of nitrogens with zero attached hydrogens (tertiary/aromatic N) is 6. The van der Waals surface area contributed by atoms with Crippen molar-refractivity contribution in [3.63, 3.8) is 0 Å². The number of carbonyl (C=O) groups excluding carboxylic acids is 1. The van der Waals surface area contributed by atoms with E-state index >= 15 is 0 Å². The first kappa shape index (κ1) is 17.5. The van der Waals surface area contributed by atoms with Crippen LogP contribution in [0.3, 0.4) is 0 Å². The third-order valence-corrected chi connectivity index (χ3v) is 5.17. The summed E-state index contributed by atoms with van der Waals surface area (Å²) in [5, 5.41) is 12.7. The molecule has 1 amide bonds. The number of rotatable bonds is 4. The molecule has 0 atom stereocenters. The molecule has 1 aromatic carbocycles. The highest BCUT2D eigenvalue weighted by molar-refractivity contribution is 5.92. The summed E-state index contributed by atoms with van der Waals surface area (Å²) in [6.07, 6.45) is 3.67. The van der Waals surface area contributed by atoms with Crippen molar-refractivity contribution in [1.82, 2.24) is 29.7 Å². The van der Waals surface area contributed by atoms with Crippen LogP contribution in [0.4, 0.5) is 0 Å². The molecule has 27 heavy (non-hydrogen) atoms. The quantitative estimate of drug-likeness (QED) is 0.714. The van der Waals surface area contributed by atoms with Crippen molar-refractivity contribution in [2.45, 2.75) is 33.2 Å². The highest BCUT2D eigenvalue weighted by Gasteiger charge is 2.26. The summed E-state index contributed by atoms with van der Waals surface area (Å²) in [5.41, 5.74) is 3.55. The Kier molecular flexibility index (Phi) is 4.75. The maximum atomic E-state index is 12.8. The van der Waals surface area contributed by atoms with Crippen LogP contribution in [0.5, 0.6) is 0 Å². The first-order valence-corrected chi connectivity index (χ1v) is 9.38. The number of likely N-dealkylation sites (tertiary alicyclic amines) is 1. The molecule has 0 N–H and O–H groups in total. The van der Waals surface area contributed by atoms with E-state index in [0.717, 1.165) is 43.9 Å². The second kappa shape index (κ2) is 7.34. The van der Waals surface area contributed by atoms with Crippen LogP contribution in [0.2, 0.25) is 0 Å². The molecule has 1 fully saturated rings. The summed E-state index contributed by atoms with van der Waals surface area (Å²) in [6.45, 7) is 6.54. The molecule has 1 aliphatic heterocycles. The summed E-state index contributed by atoms with van der Waals surface area (Å²) in [7, 11) is 0. The van der Waals surface area contributed by atoms with Crippen LogP contribution in [0.15, 0.2) is 42.6 Å². The monoisotopic (exact) mass is 364 g/mol. The Balaban J connectivity index is 1.36. The van der Waals surface area contributed by atoms with E-state index in [-0.39, 0.29) is 5.91 Å². The Labute approximate surface area is 158 Å². The average molecular weight is 364 g/mol. The highest BCUT2D eigenvalue weighted by atomic mass is 16.2. The fourth-order valence-corrected chi connectivity index (χ4v) is 3.65. The Hall–Kier alpha value is -2.96. The van der Waals surface area contributed by atoms with E-state index in [9.17, 15) is 4.79 Å². The molecule has 7 nitrogen and oxygen atoms in total. The van der Waals surface area contributed by atoms with Crippen LogP contribution >= 0.6 is 0 Å². The van der Waals surface area contributed by atoms with E-state index in [1.807, 2.05) is 42.2 Å². The minimum Gasteiger partial charge on any atom is -0.337 e. The van der Waals surface area contributed by atoms with Gasteiger partial charge in [-0.1, -0.05) is 23.4 Å². The van der Waals surface area contributed by atoms with Gasteiger partial charge < -0.3 is 4.90 Å². The lowest BCUT2D eigenvalue weighted by Gasteiger charge is -2.31. The maximum Gasteiger partial charge on any atom is 0.276 e. The fourth-order valence-electron chi connectivity index (χ4n) is 3.65. The van der Waals surface area contributed by atoms with Gasteiger partial charge in [-0.3, -0.25) is 9.48 Å². The molecule has 0 saturated carbocycles. The van der Waals surface area contributed by atoms with Gasteiger partial charge in [-0.2, -0.15) is 5.10 Å². The summed E-state index contributed by atoms with van der Waals surface area (Å²) in [5.74, 6) is 0.508. The van der Waals surface area contributed by atoms with Crippen molar-refractivity contribution >= 4 is 5.91 Å². The Bertz CT molecular complexity index is 921. The van der Waals surface area contributed by atoms with Gasteiger partial charge in [0.15, 0.2) is 5.69 Å². The van der Waals surface area contributed by atoms with Crippen LogP contribution < -0.4 is 0 Å². The van der Waals surface area contributed by atoms with E-state index in [4.69, 9.17) is 0 Å². The summed E-state index contributed by atoms with van der Waals surface area (Å²) in [4.78, 5) is 14.6. The second-order valence-corrected chi connectivity index (χ2v) is 7.23. The zero-order valence-electron chi connectivity index (χ0n) is 15.7. The Morgan fingerprint density at radius 3 is 2.56 bits per heavy atom. The number of piperidine rings is 1. The van der Waals surface area contributed by atoms with Gasteiger partial charge in [-0.25, -0.2) is 4.68 Å². The molecule has 1 saturated heterocycles. The summed E-state index contributed by atoms with van der Waals surface area (Å²) >= 11 is 0. The van der Waals surface area contributed by atoms with E-state index in [1.54, 1.807) is 10.9 Å². The van der Waals surface area contributed by atoms with Gasteiger partial charge in [-0.05, 0) is 50.8 Å². The molecule has 4 rings (SSSR count). The summed E-state index contributed by atoms with van der Waals surface area (Å²) in [6, 6.07) is 11.8. The van der Waals surface area contributed by atoms with Gasteiger partial charge in [-0.15, -0.1) is 5.10 Å². The van der Waals surface area contributed by atoms with Gasteiger partial charge in [0.25, 0.3) is 5.91 Å². The number of hydrogen-bond acceptors (Lipinski definition) is 4. The Morgan fingerprint density at radius 1 is 1.15 bits per heavy atom. The van der Waals surface area contributed by atoms with Crippen molar-refractivity contribution in [1.29, 1.82) is 0 Å². The number of para-hydroxylation sites is 1. The van der Waals surface area contributed by atoms with Gasteiger partial charge in [0.2, 0.25) is 0 Å². The van der Waals surface area contributed by atoms with E-state index in [1.165, 1.54) is 5.69 Å². The van der Waals surface area contributed by atoms with Gasteiger partial charge in [0.1, 0.15) is 0 Å². The predicted molar refractivity (Wildman–Crippen MR) is 102 cm³/mol. The molecule has 140 valence electrons. The minimum absolute atomic E-state index is 0.0401. The predicted octanol–water partition coefficient (Wildman–Crippen LogP) is 2.63. The normalized spacial score (nSPS) is 15.3. The highest BCUT2D eigenvalue weighted by Crippen LogP contribution is 2.21. The van der Waals surface area contributed by atoms with Gasteiger partial charge >= 0.3 is 0 Å². The van der Waals surface area contributed by atoms with E-state index in [2.05, 4.69) is 33.1 Å². The molecule has 1 aliphatic rings. The maximum absolute atomic E-state index is 12.8. The zero-order valence-corrected chi connectivity index (χ0v) is 15.7. The van der Waals surface area contributed by atoms with Crippen molar-refractivity contribution in [2.75, 3.05) is 13.1 Å². The van der Waals surface area contributed by atoms with Crippen molar-refractivity contribution in [3.05, 3.63) is 59.7 Å². The molecule has 2 aromatic heterocycles. The topological polar surface area (TPSA) is 68.8 Å². The van der Waals surface area contributed by atoms with E-state index < -0.39 is 0 Å². The fraction of sp³-hybridized carbons (Fsp3) is 0.400. The van der Waals surface area contributed by atoms with Crippen molar-refractivity contribution in [3.8, 4) is 5.69 Å². The molecule has 3 aromatic rings. The number of hydrogen-bond donors (Lipinski definition) is 0. The van der Waals surface area contributed by atoms with Crippen LogP contribution in [-0.4, -0.2) is 48.7 Å². The minimum atomic E-state index is -0.0401. The van der Waals surface area contributed by atoms with Crippen molar-refractivity contribution < 1.29 is 4.79 Å². The second-order valence-electron chi connectivity index (χ2n) is 7.23. The molecule has 7 heteroatoms. The van der Waals surface area contributed by atoms with Crippen LogP contribution in [0.1, 0.15) is 34.7 Å². The number of benzene rings is 1. The number of aromatic nitrogens is 5. The molecule has 3 heterocycles.